The molecule has 0 saturated carbocycles. The van der Waals surface area contributed by atoms with Gasteiger partial charge in [-0.15, -0.1) is 0 Å². The Morgan fingerprint density at radius 3 is 2.67 bits per heavy atom. The minimum absolute atomic E-state index is 0.0666. The van der Waals surface area contributed by atoms with Crippen molar-refractivity contribution in [2.45, 2.75) is 32.4 Å². The molecule has 0 aromatic heterocycles. The highest BCUT2D eigenvalue weighted by molar-refractivity contribution is 5.89. The molecule has 0 aliphatic carbocycles. The fourth-order valence-electron chi connectivity index (χ4n) is 1.70. The number of amides is 1. The highest BCUT2D eigenvalue weighted by Gasteiger charge is 2.34. The molecule has 1 heterocycles. The summed E-state index contributed by atoms with van der Waals surface area (Å²) in [6, 6.07) is -0.555. The van der Waals surface area contributed by atoms with Gasteiger partial charge in [-0.3, -0.25) is 9.69 Å². The van der Waals surface area contributed by atoms with E-state index >= 15 is 0 Å². The van der Waals surface area contributed by atoms with Crippen molar-refractivity contribution in [2.75, 3.05) is 33.4 Å². The Morgan fingerprint density at radius 1 is 1.44 bits per heavy atom. The third kappa shape index (κ3) is 4.27. The maximum Gasteiger partial charge on any atom is 0.411 e. The first-order valence-corrected chi connectivity index (χ1v) is 6.10. The summed E-state index contributed by atoms with van der Waals surface area (Å²) >= 11 is 0. The van der Waals surface area contributed by atoms with Crippen molar-refractivity contribution in [2.24, 2.45) is 0 Å². The van der Waals surface area contributed by atoms with Gasteiger partial charge in [0.15, 0.2) is 5.78 Å². The molecule has 6 nitrogen and oxygen atoms in total. The van der Waals surface area contributed by atoms with E-state index in [0.717, 1.165) is 0 Å². The smallest absolute Gasteiger partial charge is 0.411 e. The second kappa shape index (κ2) is 6.15. The van der Waals surface area contributed by atoms with Crippen molar-refractivity contribution >= 4 is 11.9 Å². The van der Waals surface area contributed by atoms with Crippen molar-refractivity contribution < 1.29 is 19.1 Å². The molecule has 18 heavy (non-hydrogen) atoms. The Labute approximate surface area is 108 Å². The zero-order valence-corrected chi connectivity index (χ0v) is 11.5. The number of rotatable bonds is 3. The van der Waals surface area contributed by atoms with E-state index < -0.39 is 17.7 Å². The number of nitrogens with zero attached hydrogens (tertiary/aromatic N) is 1. The van der Waals surface area contributed by atoms with Crippen LogP contribution in [-0.2, 0) is 14.3 Å². The maximum absolute atomic E-state index is 12.0. The molecule has 1 saturated heterocycles. The summed E-state index contributed by atoms with van der Waals surface area (Å²) in [4.78, 5) is 25.3. The van der Waals surface area contributed by atoms with Crippen LogP contribution in [0.4, 0.5) is 4.79 Å². The summed E-state index contributed by atoms with van der Waals surface area (Å²) < 4.78 is 10.6. The minimum atomic E-state index is -0.564. The van der Waals surface area contributed by atoms with Crippen molar-refractivity contribution in [3.63, 3.8) is 0 Å². The predicted molar refractivity (Wildman–Crippen MR) is 66.5 cm³/mol. The fraction of sp³-hybridized carbons (Fsp3) is 0.833. The molecule has 1 N–H and O–H groups in total. The molecule has 1 rings (SSSR count). The van der Waals surface area contributed by atoms with E-state index in [1.807, 2.05) is 0 Å². The fourth-order valence-corrected chi connectivity index (χ4v) is 1.70. The molecule has 1 fully saturated rings. The topological polar surface area (TPSA) is 67.9 Å². The molecule has 0 spiro atoms. The lowest BCUT2D eigenvalue weighted by Gasteiger charge is -2.35. The van der Waals surface area contributed by atoms with E-state index in [-0.39, 0.29) is 18.9 Å². The highest BCUT2D eigenvalue weighted by Crippen LogP contribution is 2.15. The van der Waals surface area contributed by atoms with Crippen LogP contribution in [0.15, 0.2) is 0 Å². The normalized spacial score (nSPS) is 20.7. The van der Waals surface area contributed by atoms with Crippen LogP contribution >= 0.6 is 0 Å². The summed E-state index contributed by atoms with van der Waals surface area (Å²) in [6.07, 6.45) is -0.458. The first-order valence-electron chi connectivity index (χ1n) is 6.10. The minimum Gasteiger partial charge on any atom is -0.444 e. The van der Waals surface area contributed by atoms with Crippen molar-refractivity contribution in [1.82, 2.24) is 10.2 Å². The van der Waals surface area contributed by atoms with Gasteiger partial charge in [0.25, 0.3) is 0 Å². The highest BCUT2D eigenvalue weighted by atomic mass is 16.6. The number of hydrogen-bond donors (Lipinski definition) is 1. The zero-order chi connectivity index (χ0) is 13.8. The summed E-state index contributed by atoms with van der Waals surface area (Å²) in [7, 11) is 1.69. The largest absolute Gasteiger partial charge is 0.444 e. The van der Waals surface area contributed by atoms with Crippen LogP contribution in [0.2, 0.25) is 0 Å². The van der Waals surface area contributed by atoms with E-state index in [4.69, 9.17) is 9.47 Å². The monoisotopic (exact) mass is 258 g/mol. The predicted octanol–water partition coefficient (Wildman–Crippen LogP) is 0.411. The van der Waals surface area contributed by atoms with Gasteiger partial charge in [0.2, 0.25) is 0 Å². The Hall–Kier alpha value is -1.14. The third-order valence-electron chi connectivity index (χ3n) is 2.48. The van der Waals surface area contributed by atoms with E-state index in [1.54, 1.807) is 27.8 Å². The van der Waals surface area contributed by atoms with Gasteiger partial charge >= 0.3 is 6.09 Å². The molecule has 0 radical (unpaired) electrons. The molecule has 0 bridgehead atoms. The average Bonchev–Trinajstić information content (AvgIpc) is 2.27. The summed E-state index contributed by atoms with van der Waals surface area (Å²) in [5, 5.41) is 2.79. The summed E-state index contributed by atoms with van der Waals surface area (Å²) in [6.45, 7) is 6.67. The molecular formula is C12H22N2O4. The van der Waals surface area contributed by atoms with Gasteiger partial charge in [-0.25, -0.2) is 4.79 Å². The van der Waals surface area contributed by atoms with Gasteiger partial charge in [-0.1, -0.05) is 0 Å². The van der Waals surface area contributed by atoms with Gasteiger partial charge < -0.3 is 14.8 Å². The second-order valence-corrected chi connectivity index (χ2v) is 5.26. The Balaban J connectivity index is 2.70. The number of carbonyl (C=O) groups is 2. The van der Waals surface area contributed by atoms with Crippen molar-refractivity contribution in [3.8, 4) is 0 Å². The molecule has 1 amide bonds. The first-order chi connectivity index (χ1) is 8.35. The molecule has 6 heteroatoms. The van der Waals surface area contributed by atoms with E-state index in [1.165, 1.54) is 4.90 Å². The van der Waals surface area contributed by atoms with Crippen LogP contribution < -0.4 is 5.32 Å². The Morgan fingerprint density at radius 2 is 2.11 bits per heavy atom. The van der Waals surface area contributed by atoms with E-state index in [0.29, 0.717) is 13.2 Å². The lowest BCUT2D eigenvalue weighted by Crippen LogP contribution is -2.55. The molecular weight excluding hydrogens is 236 g/mol. The molecule has 0 aromatic carbocycles. The van der Waals surface area contributed by atoms with Crippen molar-refractivity contribution in [1.29, 1.82) is 0 Å². The molecule has 104 valence electrons. The number of ketones is 1. The molecule has 1 aliphatic rings. The van der Waals surface area contributed by atoms with Crippen LogP contribution in [0.5, 0.6) is 0 Å². The zero-order valence-electron chi connectivity index (χ0n) is 11.5. The molecule has 1 unspecified atom stereocenters. The first kappa shape index (κ1) is 14.9. The lowest BCUT2D eigenvalue weighted by atomic mass is 10.1. The van der Waals surface area contributed by atoms with Crippen LogP contribution in [0, 0.1) is 0 Å². The Bertz CT molecular complexity index is 312. The maximum atomic E-state index is 12.0. The van der Waals surface area contributed by atoms with Crippen LogP contribution in [0.1, 0.15) is 20.8 Å². The lowest BCUT2D eigenvalue weighted by molar-refractivity contribution is -0.129. The van der Waals surface area contributed by atoms with Crippen LogP contribution in [0.3, 0.4) is 0 Å². The number of morpholine rings is 1. The second-order valence-electron chi connectivity index (χ2n) is 5.26. The SMILES string of the molecule is CNCC(=O)C1COCCN1C(=O)OC(C)(C)C. The third-order valence-corrected chi connectivity index (χ3v) is 2.48. The standard InChI is InChI=1S/C12H22N2O4/c1-12(2,3)18-11(16)14-5-6-17-8-9(14)10(15)7-13-4/h9,13H,5-8H2,1-4H3. The number of carbonyl (C=O) groups excluding carboxylic acids is 2. The number of nitrogens with one attached hydrogen (secondary N) is 1. The summed E-state index contributed by atoms with van der Waals surface area (Å²) in [5.41, 5.74) is -0.564. The van der Waals surface area contributed by atoms with E-state index in [2.05, 4.69) is 5.32 Å². The molecule has 1 aliphatic heterocycles. The number of Topliss-reactive ketones (excluding diaryl/α,β-unsaturated/α-hetero) is 1. The van der Waals surface area contributed by atoms with Gasteiger partial charge in [-0.2, -0.15) is 0 Å². The van der Waals surface area contributed by atoms with Crippen LogP contribution in [-0.4, -0.2) is 61.8 Å². The number of likely N-dealkylation sites (N-methyl/N-ethyl adjacent to an activating group) is 1. The van der Waals surface area contributed by atoms with Gasteiger partial charge in [0.1, 0.15) is 11.6 Å². The number of ether oxygens (including phenoxy) is 2. The quantitative estimate of drug-likeness (QED) is 0.794. The van der Waals surface area contributed by atoms with Gasteiger partial charge in [0, 0.05) is 6.54 Å². The Kier molecular flexibility index (Phi) is 5.10. The van der Waals surface area contributed by atoms with Gasteiger partial charge in [-0.05, 0) is 27.8 Å². The summed E-state index contributed by atoms with van der Waals surface area (Å²) in [5.74, 6) is -0.0666. The number of hydrogen-bond acceptors (Lipinski definition) is 5. The average molecular weight is 258 g/mol. The van der Waals surface area contributed by atoms with Crippen LogP contribution in [0.25, 0.3) is 0 Å². The van der Waals surface area contributed by atoms with Crippen molar-refractivity contribution in [3.05, 3.63) is 0 Å². The van der Waals surface area contributed by atoms with E-state index in [9.17, 15) is 9.59 Å². The molecule has 0 aromatic rings. The van der Waals surface area contributed by atoms with Gasteiger partial charge in [0.05, 0.1) is 19.8 Å². The molecule has 1 atom stereocenters.